The van der Waals surface area contributed by atoms with Crippen molar-refractivity contribution in [2.75, 3.05) is 24.5 Å². The van der Waals surface area contributed by atoms with Crippen molar-refractivity contribution in [2.45, 2.75) is 51.4 Å². The van der Waals surface area contributed by atoms with Gasteiger partial charge in [0.05, 0.1) is 17.2 Å². The summed E-state index contributed by atoms with van der Waals surface area (Å²) < 4.78 is 39.9. The largest absolute Gasteiger partial charge is 0.417 e. The second-order valence-electron chi connectivity index (χ2n) is 8.68. The minimum atomic E-state index is -4.61. The predicted octanol–water partition coefficient (Wildman–Crippen LogP) is 2.84. The summed E-state index contributed by atoms with van der Waals surface area (Å²) in [5.41, 5.74) is 4.30. The Morgan fingerprint density at radius 1 is 1.29 bits per heavy atom. The van der Waals surface area contributed by atoms with Crippen LogP contribution in [0, 0.1) is 16.7 Å². The number of nitrogens with two attached hydrogens (primary N) is 1. The van der Waals surface area contributed by atoms with Crippen molar-refractivity contribution >= 4 is 17.6 Å². The molecule has 1 aromatic rings. The van der Waals surface area contributed by atoms with Crippen molar-refractivity contribution in [1.82, 2.24) is 10.2 Å². The fraction of sp³-hybridized carbons (Fsp3) is 0.571. The van der Waals surface area contributed by atoms with Crippen LogP contribution in [0.2, 0.25) is 0 Å². The van der Waals surface area contributed by atoms with Crippen LogP contribution in [0.1, 0.15) is 44.2 Å². The summed E-state index contributed by atoms with van der Waals surface area (Å²) in [4.78, 5) is 27.8. The number of halogens is 3. The lowest BCUT2D eigenvalue weighted by molar-refractivity contribution is -0.137. The number of nitrogens with one attached hydrogen (secondary N) is 1. The van der Waals surface area contributed by atoms with Crippen molar-refractivity contribution in [1.29, 1.82) is 5.26 Å². The number of nitrogens with zero attached hydrogens (tertiary/aromatic N) is 3. The minimum absolute atomic E-state index is 0.0846. The lowest BCUT2D eigenvalue weighted by Crippen LogP contribution is -2.50. The molecular formula is C21H26F3N5O2. The van der Waals surface area contributed by atoms with E-state index in [1.807, 2.05) is 18.7 Å². The van der Waals surface area contributed by atoms with Gasteiger partial charge in [0, 0.05) is 31.4 Å². The molecule has 3 amide bonds. The summed E-state index contributed by atoms with van der Waals surface area (Å²) in [7, 11) is 0. The number of urea groups is 1. The second-order valence-corrected chi connectivity index (χ2v) is 8.68. The van der Waals surface area contributed by atoms with Crippen LogP contribution < -0.4 is 16.0 Å². The van der Waals surface area contributed by atoms with Gasteiger partial charge in [0.25, 0.3) is 0 Å². The van der Waals surface area contributed by atoms with Crippen molar-refractivity contribution < 1.29 is 22.8 Å². The van der Waals surface area contributed by atoms with Gasteiger partial charge in [-0.15, -0.1) is 0 Å². The van der Waals surface area contributed by atoms with Gasteiger partial charge in [0.2, 0.25) is 5.91 Å². The van der Waals surface area contributed by atoms with Crippen molar-refractivity contribution in [3.05, 3.63) is 29.3 Å². The zero-order valence-corrected chi connectivity index (χ0v) is 17.5. The molecule has 10 heteroatoms. The molecule has 3 rings (SSSR count). The van der Waals surface area contributed by atoms with Crippen LogP contribution in [-0.4, -0.2) is 48.6 Å². The number of piperidine rings is 1. The van der Waals surface area contributed by atoms with Crippen LogP contribution in [-0.2, 0) is 11.0 Å². The van der Waals surface area contributed by atoms with E-state index in [-0.39, 0.29) is 17.5 Å². The van der Waals surface area contributed by atoms with Gasteiger partial charge in [-0.2, -0.15) is 18.4 Å². The molecule has 31 heavy (non-hydrogen) atoms. The maximum Gasteiger partial charge on any atom is 0.417 e. The molecule has 2 saturated heterocycles. The molecule has 0 radical (unpaired) electrons. The van der Waals surface area contributed by atoms with E-state index in [1.54, 1.807) is 6.07 Å². The van der Waals surface area contributed by atoms with Gasteiger partial charge in [-0.05, 0) is 56.7 Å². The van der Waals surface area contributed by atoms with Gasteiger partial charge in [0.1, 0.15) is 6.04 Å². The molecule has 0 aromatic heterocycles. The molecule has 1 aromatic carbocycles. The molecule has 0 bridgehead atoms. The van der Waals surface area contributed by atoms with E-state index in [9.17, 15) is 22.8 Å². The zero-order valence-electron chi connectivity index (χ0n) is 17.5. The Morgan fingerprint density at radius 3 is 2.45 bits per heavy atom. The molecule has 1 unspecified atom stereocenters. The first-order valence-corrected chi connectivity index (χ1v) is 10.2. The second kappa shape index (κ2) is 8.29. The van der Waals surface area contributed by atoms with Crippen molar-refractivity contribution in [2.24, 2.45) is 11.1 Å². The number of likely N-dealkylation sites (tertiary alicyclic amines) is 1. The topological polar surface area (TPSA) is 102 Å². The summed E-state index contributed by atoms with van der Waals surface area (Å²) in [5.74, 6) is -0.555. The first-order chi connectivity index (χ1) is 14.5. The Labute approximate surface area is 179 Å². The third-order valence-electron chi connectivity index (χ3n) is 6.13. The average molecular weight is 437 g/mol. The number of carbonyl (C=O) groups is 2. The van der Waals surface area contributed by atoms with Gasteiger partial charge in [-0.1, -0.05) is 0 Å². The summed E-state index contributed by atoms with van der Waals surface area (Å²) >= 11 is 0. The molecule has 2 fully saturated rings. The number of rotatable bonds is 3. The Hall–Kier alpha value is -2.96. The standard InChI is InChI=1S/C21H26F3N5O2/c1-13(2)27-19(31)29-12-20(10-17(29)18(26)30)5-7-28(8-6-20)15-4-3-14(11-25)16(9-15)21(22,23)24/h3-4,9,13,17H,5-8,10,12H2,1-2H3,(H2,26,30)(H,27,31). The van der Waals surface area contributed by atoms with E-state index in [0.717, 1.165) is 6.07 Å². The number of alkyl halides is 3. The maximum atomic E-state index is 13.3. The van der Waals surface area contributed by atoms with E-state index in [4.69, 9.17) is 11.0 Å². The molecule has 7 nitrogen and oxygen atoms in total. The minimum Gasteiger partial charge on any atom is -0.371 e. The van der Waals surface area contributed by atoms with Crippen LogP contribution >= 0.6 is 0 Å². The monoisotopic (exact) mass is 437 g/mol. The van der Waals surface area contributed by atoms with E-state index in [1.165, 1.54) is 17.0 Å². The normalized spacial score (nSPS) is 20.7. The number of hydrogen-bond donors (Lipinski definition) is 2. The van der Waals surface area contributed by atoms with Crippen LogP contribution in [0.15, 0.2) is 18.2 Å². The summed E-state index contributed by atoms with van der Waals surface area (Å²) in [5, 5.41) is 11.8. The Morgan fingerprint density at radius 2 is 1.94 bits per heavy atom. The summed E-state index contributed by atoms with van der Waals surface area (Å²) in [6.07, 6.45) is -2.93. The molecule has 1 spiro atoms. The van der Waals surface area contributed by atoms with Gasteiger partial charge >= 0.3 is 12.2 Å². The molecule has 168 valence electrons. The molecule has 1 atom stereocenters. The fourth-order valence-corrected chi connectivity index (χ4v) is 4.52. The smallest absolute Gasteiger partial charge is 0.371 e. The van der Waals surface area contributed by atoms with Crippen LogP contribution in [0.3, 0.4) is 0 Å². The maximum absolute atomic E-state index is 13.3. The predicted molar refractivity (Wildman–Crippen MR) is 108 cm³/mol. The first-order valence-electron chi connectivity index (χ1n) is 10.2. The van der Waals surface area contributed by atoms with Crippen LogP contribution in [0.25, 0.3) is 0 Å². The van der Waals surface area contributed by atoms with Gasteiger partial charge in [-0.3, -0.25) is 4.79 Å². The number of amides is 3. The Kier molecular flexibility index (Phi) is 6.07. The third-order valence-corrected chi connectivity index (χ3v) is 6.13. The number of hydrogen-bond acceptors (Lipinski definition) is 4. The molecule has 2 aliphatic heterocycles. The number of nitriles is 1. The summed E-state index contributed by atoms with van der Waals surface area (Å²) in [6, 6.07) is 4.21. The Bertz CT molecular complexity index is 901. The average Bonchev–Trinajstić information content (AvgIpc) is 3.07. The van der Waals surface area contributed by atoms with Crippen molar-refractivity contribution in [3.63, 3.8) is 0 Å². The van der Waals surface area contributed by atoms with E-state index >= 15 is 0 Å². The molecular weight excluding hydrogens is 411 g/mol. The number of anilines is 1. The SMILES string of the molecule is CC(C)NC(=O)N1CC2(CCN(c3ccc(C#N)c(C(F)(F)F)c3)CC2)CC1C(N)=O. The number of carbonyl (C=O) groups excluding carboxylic acids is 2. The number of primary amides is 1. The zero-order chi connectivity index (χ0) is 23.0. The fourth-order valence-electron chi connectivity index (χ4n) is 4.52. The van der Waals surface area contributed by atoms with E-state index < -0.39 is 29.3 Å². The van der Waals surface area contributed by atoms with Gasteiger partial charge in [-0.25, -0.2) is 4.79 Å². The van der Waals surface area contributed by atoms with Gasteiger partial charge in [0.15, 0.2) is 0 Å². The van der Waals surface area contributed by atoms with E-state index in [2.05, 4.69) is 5.32 Å². The lowest BCUT2D eigenvalue weighted by atomic mass is 9.76. The molecule has 2 aliphatic rings. The lowest BCUT2D eigenvalue weighted by Gasteiger charge is -2.40. The molecule has 2 heterocycles. The van der Waals surface area contributed by atoms with Crippen molar-refractivity contribution in [3.8, 4) is 6.07 Å². The highest BCUT2D eigenvalue weighted by Crippen LogP contribution is 2.44. The molecule has 0 saturated carbocycles. The Balaban J connectivity index is 1.75. The summed E-state index contributed by atoms with van der Waals surface area (Å²) in [6.45, 7) is 5.00. The highest BCUT2D eigenvalue weighted by Gasteiger charge is 2.49. The molecule has 0 aliphatic carbocycles. The van der Waals surface area contributed by atoms with E-state index in [0.29, 0.717) is 44.6 Å². The highest BCUT2D eigenvalue weighted by molar-refractivity contribution is 5.87. The number of benzene rings is 1. The third kappa shape index (κ3) is 4.70. The van der Waals surface area contributed by atoms with Crippen LogP contribution in [0.5, 0.6) is 0 Å². The quantitative estimate of drug-likeness (QED) is 0.759. The van der Waals surface area contributed by atoms with Gasteiger partial charge < -0.3 is 20.9 Å². The molecule has 3 N–H and O–H groups in total. The first kappa shape index (κ1) is 22.7. The van der Waals surface area contributed by atoms with Crippen LogP contribution in [0.4, 0.5) is 23.7 Å². The highest BCUT2D eigenvalue weighted by atomic mass is 19.4.